The molecule has 3 aromatic carbocycles. The molecule has 2 heteroatoms. The Hall–Kier alpha value is -1.87. The molecule has 3 rings (SSSR count). The van der Waals surface area contributed by atoms with Crippen LogP contribution in [0.1, 0.15) is 27.7 Å². The SMILES string of the molecule is C/C=C/CP(C=P(c1ccccc1)(c1ccccc1)c1ccccc1)C(C)(C)C. The van der Waals surface area contributed by atoms with Crippen LogP contribution < -0.4 is 15.9 Å². The first kappa shape index (κ1) is 21.8. The summed E-state index contributed by atoms with van der Waals surface area (Å²) in [6, 6.07) is 33.5. The molecule has 0 nitrogen and oxygen atoms in total. The second-order valence-corrected chi connectivity index (χ2v) is 14.8. The number of benzene rings is 3. The number of allylic oxidation sites excluding steroid dienone is 2. The summed E-state index contributed by atoms with van der Waals surface area (Å²) in [5.74, 6) is 0. The van der Waals surface area contributed by atoms with Gasteiger partial charge in [0.15, 0.2) is 0 Å². The standard InChI is InChI=1S/C27H32P2/c1-5-6-22-28(27(2,3)4)23-29(24-16-10-7-11-17-24,25-18-12-8-13-19-25)26-20-14-9-15-21-26/h5-21,23H,22H2,1-4H3/b6-5+. The fraction of sp³-hybridized carbons (Fsp3) is 0.222. The van der Waals surface area contributed by atoms with Crippen molar-refractivity contribution in [3.05, 3.63) is 103 Å². The molecule has 0 saturated carbocycles. The van der Waals surface area contributed by atoms with Crippen LogP contribution in [0.25, 0.3) is 0 Å². The van der Waals surface area contributed by atoms with Crippen LogP contribution in [0.5, 0.6) is 0 Å². The van der Waals surface area contributed by atoms with Gasteiger partial charge in [0.1, 0.15) is 0 Å². The van der Waals surface area contributed by atoms with Crippen molar-refractivity contribution in [2.75, 3.05) is 6.16 Å². The van der Waals surface area contributed by atoms with Gasteiger partial charge < -0.3 is 0 Å². The molecule has 0 fully saturated rings. The summed E-state index contributed by atoms with van der Waals surface area (Å²) in [4.78, 5) is 0. The van der Waals surface area contributed by atoms with Crippen molar-refractivity contribution in [2.45, 2.75) is 32.9 Å². The molecule has 0 aliphatic rings. The Morgan fingerprint density at radius 1 is 0.690 bits per heavy atom. The minimum atomic E-state index is -1.88. The number of hydrogen-bond acceptors (Lipinski definition) is 0. The highest BCUT2D eigenvalue weighted by atomic mass is 31.2. The topological polar surface area (TPSA) is 0 Å². The molecular formula is C27H32P2. The van der Waals surface area contributed by atoms with E-state index in [2.05, 4.69) is 136 Å². The van der Waals surface area contributed by atoms with Crippen LogP contribution in [0.15, 0.2) is 103 Å². The fourth-order valence-electron chi connectivity index (χ4n) is 3.56. The third kappa shape index (κ3) is 5.01. The zero-order valence-electron chi connectivity index (χ0n) is 18.0. The Bertz CT molecular complexity index is 862. The first-order valence-corrected chi connectivity index (χ1v) is 13.7. The molecule has 0 aromatic heterocycles. The molecule has 0 spiro atoms. The lowest BCUT2D eigenvalue weighted by atomic mass is 10.3. The van der Waals surface area contributed by atoms with E-state index in [-0.39, 0.29) is 13.1 Å². The van der Waals surface area contributed by atoms with Crippen molar-refractivity contribution in [3.63, 3.8) is 0 Å². The van der Waals surface area contributed by atoms with E-state index in [1.54, 1.807) is 0 Å². The van der Waals surface area contributed by atoms with Gasteiger partial charge in [0, 0.05) is 0 Å². The maximum Gasteiger partial charge on any atom is -0.0105 e. The maximum atomic E-state index is 2.78. The van der Waals surface area contributed by atoms with Gasteiger partial charge in [-0.25, -0.2) is 0 Å². The van der Waals surface area contributed by atoms with Crippen molar-refractivity contribution in [1.29, 1.82) is 0 Å². The molecule has 0 heterocycles. The fourth-order valence-corrected chi connectivity index (χ4v) is 12.4. The third-order valence-electron chi connectivity index (χ3n) is 5.20. The van der Waals surface area contributed by atoms with Gasteiger partial charge in [0.05, 0.1) is 0 Å². The highest BCUT2D eigenvalue weighted by molar-refractivity contribution is 8.04. The molecule has 1 unspecified atom stereocenters. The molecule has 0 saturated heterocycles. The van der Waals surface area contributed by atoms with Crippen LogP contribution in [0, 0.1) is 0 Å². The zero-order chi connectivity index (χ0) is 20.7. The molecular weight excluding hydrogens is 386 g/mol. The maximum absolute atomic E-state index is 2.78. The van der Waals surface area contributed by atoms with Crippen LogP contribution in [-0.4, -0.2) is 16.9 Å². The van der Waals surface area contributed by atoms with Gasteiger partial charge >= 0.3 is 0 Å². The van der Waals surface area contributed by atoms with Crippen LogP contribution in [0.4, 0.5) is 0 Å². The summed E-state index contributed by atoms with van der Waals surface area (Å²) in [5, 5.41) is 4.57. The Morgan fingerprint density at radius 2 is 1.07 bits per heavy atom. The highest BCUT2D eigenvalue weighted by Crippen LogP contribution is 2.56. The molecule has 0 aliphatic carbocycles. The number of hydrogen-bond donors (Lipinski definition) is 0. The monoisotopic (exact) mass is 418 g/mol. The Morgan fingerprint density at radius 3 is 1.38 bits per heavy atom. The second kappa shape index (κ2) is 9.75. The predicted octanol–water partition coefficient (Wildman–Crippen LogP) is 6.60. The van der Waals surface area contributed by atoms with Crippen molar-refractivity contribution < 1.29 is 0 Å². The Balaban J connectivity index is 2.42. The highest BCUT2D eigenvalue weighted by Gasteiger charge is 2.30. The Kier molecular flexibility index (Phi) is 7.34. The lowest BCUT2D eigenvalue weighted by Crippen LogP contribution is -2.28. The summed E-state index contributed by atoms with van der Waals surface area (Å²) < 4.78 is 0. The van der Waals surface area contributed by atoms with E-state index in [1.165, 1.54) is 15.9 Å². The van der Waals surface area contributed by atoms with E-state index in [9.17, 15) is 0 Å². The predicted molar refractivity (Wildman–Crippen MR) is 138 cm³/mol. The van der Waals surface area contributed by atoms with E-state index >= 15 is 0 Å². The van der Waals surface area contributed by atoms with Gasteiger partial charge in [-0.1, -0.05) is 132 Å². The molecule has 0 radical (unpaired) electrons. The van der Waals surface area contributed by atoms with Gasteiger partial charge in [0.2, 0.25) is 0 Å². The van der Waals surface area contributed by atoms with Crippen molar-refractivity contribution in [3.8, 4) is 0 Å². The summed E-state index contributed by atoms with van der Waals surface area (Å²) in [7, 11) is -0.329. The van der Waals surface area contributed by atoms with Crippen LogP contribution in [0.3, 0.4) is 0 Å². The van der Waals surface area contributed by atoms with Gasteiger partial charge in [-0.2, -0.15) is 0 Å². The summed E-state index contributed by atoms with van der Waals surface area (Å²) in [6.07, 6.45) is 5.68. The minimum absolute atomic E-state index is 0.248. The minimum Gasteiger partial charge on any atom is -0.0913 e. The molecule has 29 heavy (non-hydrogen) atoms. The van der Waals surface area contributed by atoms with Crippen molar-refractivity contribution in [2.24, 2.45) is 0 Å². The van der Waals surface area contributed by atoms with Crippen molar-refractivity contribution >= 4 is 36.3 Å². The van der Waals surface area contributed by atoms with Crippen molar-refractivity contribution in [1.82, 2.24) is 0 Å². The average Bonchev–Trinajstić information content (AvgIpc) is 2.75. The molecule has 0 N–H and O–H groups in total. The Labute approximate surface area is 178 Å². The van der Waals surface area contributed by atoms with E-state index in [0.29, 0.717) is 0 Å². The molecule has 1 atom stereocenters. The molecule has 0 aliphatic heterocycles. The summed E-state index contributed by atoms with van der Waals surface area (Å²) in [6.45, 7) is 7.44. The van der Waals surface area contributed by atoms with E-state index in [0.717, 1.165) is 6.16 Å². The second-order valence-electron chi connectivity index (χ2n) is 8.24. The normalized spacial score (nSPS) is 13.4. The van der Waals surface area contributed by atoms with Gasteiger partial charge in [-0.15, -0.1) is 0 Å². The first-order valence-electron chi connectivity index (χ1n) is 10.3. The lowest BCUT2D eigenvalue weighted by molar-refractivity contribution is 0.791. The molecule has 150 valence electrons. The van der Waals surface area contributed by atoms with Gasteiger partial charge in [-0.05, 0) is 46.6 Å². The molecule has 0 bridgehead atoms. The van der Waals surface area contributed by atoms with E-state index in [4.69, 9.17) is 0 Å². The molecule has 0 amide bonds. The van der Waals surface area contributed by atoms with Gasteiger partial charge in [-0.3, -0.25) is 0 Å². The lowest BCUT2D eigenvalue weighted by Gasteiger charge is -2.35. The molecule has 3 aromatic rings. The van der Waals surface area contributed by atoms with Gasteiger partial charge in [0.25, 0.3) is 0 Å². The third-order valence-corrected chi connectivity index (χ3v) is 13.4. The van der Waals surface area contributed by atoms with Crippen LogP contribution in [0.2, 0.25) is 0 Å². The van der Waals surface area contributed by atoms with E-state index < -0.39 is 6.89 Å². The van der Waals surface area contributed by atoms with Crippen LogP contribution >= 0.6 is 14.8 Å². The first-order chi connectivity index (χ1) is 14.0. The summed E-state index contributed by atoms with van der Waals surface area (Å²) >= 11 is 0. The quantitative estimate of drug-likeness (QED) is 0.313. The smallest absolute Gasteiger partial charge is 0.0105 e. The zero-order valence-corrected chi connectivity index (χ0v) is 19.8. The largest absolute Gasteiger partial charge is 0.0913 e. The number of rotatable bonds is 6. The van der Waals surface area contributed by atoms with Crippen LogP contribution in [-0.2, 0) is 0 Å². The van der Waals surface area contributed by atoms with E-state index in [1.807, 2.05) is 0 Å². The summed E-state index contributed by atoms with van der Waals surface area (Å²) in [5.41, 5.74) is 2.78. The average molecular weight is 419 g/mol.